The van der Waals surface area contributed by atoms with Crippen molar-refractivity contribution < 1.29 is 9.26 Å². The van der Waals surface area contributed by atoms with E-state index in [-0.39, 0.29) is 0 Å². The Morgan fingerprint density at radius 3 is 2.58 bits per heavy atom. The van der Waals surface area contributed by atoms with E-state index in [4.69, 9.17) is 14.2 Å². The largest absolute Gasteiger partial charge is 0.492 e. The molecular formula is C25H31N3O2S. The monoisotopic (exact) mass is 437 g/mol. The topological polar surface area (TPSA) is 51.4 Å². The first-order chi connectivity index (χ1) is 14.7. The zero-order chi connectivity index (χ0) is 22.1. The molecule has 1 aromatic carbocycles. The lowest BCUT2D eigenvalue weighted by Crippen LogP contribution is -2.19. The number of ether oxygens (including phenoxy) is 1. The molecule has 2 atom stereocenters. The maximum Gasteiger partial charge on any atom is 0.268 e. The molecular weight excluding hydrogens is 406 g/mol. The summed E-state index contributed by atoms with van der Waals surface area (Å²) in [5, 5.41) is 4.33. The third kappa shape index (κ3) is 3.31. The molecule has 0 unspecified atom stereocenters. The van der Waals surface area contributed by atoms with Gasteiger partial charge in [-0.05, 0) is 92.9 Å². The molecule has 0 N–H and O–H groups in total. The SMILES string of the molecule is Cc1cc(-c2noc(-c3sc(C)c4c3C[C@@H]3[C@H]4C3(C)C)n2)cc(C)c1OCCN(C)C. The Kier molecular flexibility index (Phi) is 4.79. The predicted octanol–water partition coefficient (Wildman–Crippen LogP) is 5.63. The van der Waals surface area contributed by atoms with Crippen LogP contribution in [-0.4, -0.2) is 42.3 Å². The van der Waals surface area contributed by atoms with Gasteiger partial charge in [0, 0.05) is 17.0 Å². The van der Waals surface area contributed by atoms with E-state index in [1.165, 1.54) is 15.3 Å². The average Bonchev–Trinajstić information content (AvgIpc) is 3.19. The molecule has 0 saturated heterocycles. The number of rotatable bonds is 6. The number of nitrogens with zero attached hydrogens (tertiary/aromatic N) is 3. The van der Waals surface area contributed by atoms with Crippen LogP contribution < -0.4 is 4.74 Å². The molecule has 2 aliphatic rings. The van der Waals surface area contributed by atoms with E-state index >= 15 is 0 Å². The molecule has 0 aliphatic heterocycles. The van der Waals surface area contributed by atoms with Crippen LogP contribution in [0.2, 0.25) is 0 Å². The van der Waals surface area contributed by atoms with E-state index in [1.54, 1.807) is 5.56 Å². The van der Waals surface area contributed by atoms with Crippen LogP contribution in [0.15, 0.2) is 16.7 Å². The van der Waals surface area contributed by atoms with Gasteiger partial charge >= 0.3 is 0 Å². The Labute approximate surface area is 188 Å². The Hall–Kier alpha value is -2.18. The third-order valence-electron chi connectivity index (χ3n) is 7.14. The van der Waals surface area contributed by atoms with Gasteiger partial charge in [0.2, 0.25) is 5.82 Å². The minimum Gasteiger partial charge on any atom is -0.492 e. The molecule has 0 spiro atoms. The van der Waals surface area contributed by atoms with Crippen molar-refractivity contribution in [3.63, 3.8) is 0 Å². The van der Waals surface area contributed by atoms with Crippen LogP contribution in [-0.2, 0) is 6.42 Å². The van der Waals surface area contributed by atoms with Crippen molar-refractivity contribution in [3.05, 3.63) is 39.3 Å². The molecule has 0 radical (unpaired) electrons. The number of aromatic nitrogens is 2. The van der Waals surface area contributed by atoms with Gasteiger partial charge in [-0.15, -0.1) is 11.3 Å². The van der Waals surface area contributed by atoms with Crippen molar-refractivity contribution >= 4 is 11.3 Å². The smallest absolute Gasteiger partial charge is 0.268 e. The van der Waals surface area contributed by atoms with E-state index in [1.807, 2.05) is 11.3 Å². The lowest BCUT2D eigenvalue weighted by molar-refractivity contribution is 0.259. The van der Waals surface area contributed by atoms with Gasteiger partial charge in [-0.1, -0.05) is 19.0 Å². The number of hydrogen-bond donors (Lipinski definition) is 0. The standard InChI is InChI=1S/C25H31N3O2S/c1-13-10-16(11-14(2)21(13)29-9-8-28(6)7)23-26-24(30-27-23)22-17-12-18-20(25(18,4)5)19(17)15(3)31-22/h10-11,18,20H,8-9,12H2,1-7H3/t18-,20-/m1/s1. The summed E-state index contributed by atoms with van der Waals surface area (Å²) in [5.41, 5.74) is 6.61. The van der Waals surface area contributed by atoms with Crippen LogP contribution in [0.1, 0.15) is 46.9 Å². The highest BCUT2D eigenvalue weighted by atomic mass is 32.1. The molecule has 2 heterocycles. The lowest BCUT2D eigenvalue weighted by Gasteiger charge is -2.15. The van der Waals surface area contributed by atoms with Crippen molar-refractivity contribution in [1.82, 2.24) is 15.0 Å². The van der Waals surface area contributed by atoms with E-state index in [0.29, 0.717) is 29.7 Å². The summed E-state index contributed by atoms with van der Waals surface area (Å²) in [6.45, 7) is 12.7. The maximum atomic E-state index is 6.02. The van der Waals surface area contributed by atoms with Crippen LogP contribution in [0.3, 0.4) is 0 Å². The number of fused-ring (bicyclic) bond motifs is 3. The molecule has 6 heteroatoms. The summed E-state index contributed by atoms with van der Waals surface area (Å²) in [6, 6.07) is 4.18. The van der Waals surface area contributed by atoms with Crippen molar-refractivity contribution in [3.8, 4) is 27.9 Å². The van der Waals surface area contributed by atoms with Gasteiger partial charge in [0.05, 0.1) is 4.88 Å². The van der Waals surface area contributed by atoms with Crippen molar-refractivity contribution in [2.45, 2.75) is 47.0 Å². The highest BCUT2D eigenvalue weighted by Crippen LogP contribution is 2.72. The number of aryl methyl sites for hydroxylation is 3. The van der Waals surface area contributed by atoms with Crippen LogP contribution in [0, 0.1) is 32.1 Å². The van der Waals surface area contributed by atoms with E-state index in [0.717, 1.165) is 41.3 Å². The number of hydrogen-bond acceptors (Lipinski definition) is 6. The summed E-state index contributed by atoms with van der Waals surface area (Å²) in [7, 11) is 4.10. The number of likely N-dealkylation sites (N-methyl/N-ethyl adjacent to an activating group) is 1. The fourth-order valence-electron chi connectivity index (χ4n) is 5.37. The molecule has 2 aromatic heterocycles. The second kappa shape index (κ2) is 7.17. The van der Waals surface area contributed by atoms with E-state index in [2.05, 4.69) is 70.9 Å². The van der Waals surface area contributed by atoms with Crippen LogP contribution in [0.25, 0.3) is 22.2 Å². The third-order valence-corrected chi connectivity index (χ3v) is 8.29. The minimum absolute atomic E-state index is 0.446. The Morgan fingerprint density at radius 2 is 1.90 bits per heavy atom. The second-order valence-corrected chi connectivity index (χ2v) is 11.2. The highest BCUT2D eigenvalue weighted by Gasteiger charge is 2.63. The van der Waals surface area contributed by atoms with Gasteiger partial charge in [-0.2, -0.15) is 4.98 Å². The second-order valence-electron chi connectivity index (χ2n) is 10.0. The summed E-state index contributed by atoms with van der Waals surface area (Å²) in [6.07, 6.45) is 1.14. The summed E-state index contributed by atoms with van der Waals surface area (Å²) >= 11 is 1.81. The molecule has 164 valence electrons. The van der Waals surface area contributed by atoms with Gasteiger partial charge in [-0.3, -0.25) is 0 Å². The van der Waals surface area contributed by atoms with Gasteiger partial charge in [0.25, 0.3) is 5.89 Å². The first kappa shape index (κ1) is 20.7. The molecule has 1 saturated carbocycles. The molecule has 5 nitrogen and oxygen atoms in total. The Morgan fingerprint density at radius 1 is 1.19 bits per heavy atom. The van der Waals surface area contributed by atoms with E-state index in [9.17, 15) is 0 Å². The summed E-state index contributed by atoms with van der Waals surface area (Å²) < 4.78 is 11.8. The maximum absolute atomic E-state index is 6.02. The molecule has 31 heavy (non-hydrogen) atoms. The molecule has 2 aliphatic carbocycles. The average molecular weight is 438 g/mol. The van der Waals surface area contributed by atoms with Crippen LogP contribution in [0.5, 0.6) is 5.75 Å². The molecule has 5 rings (SSSR count). The first-order valence-electron chi connectivity index (χ1n) is 11.0. The predicted molar refractivity (Wildman–Crippen MR) is 125 cm³/mol. The van der Waals surface area contributed by atoms with Crippen molar-refractivity contribution in [2.24, 2.45) is 11.3 Å². The number of thiophene rings is 1. The first-order valence-corrected chi connectivity index (χ1v) is 11.9. The quantitative estimate of drug-likeness (QED) is 0.500. The van der Waals surface area contributed by atoms with Crippen LogP contribution >= 0.6 is 11.3 Å². The normalized spacial score (nSPS) is 20.8. The van der Waals surface area contributed by atoms with Gasteiger partial charge in [0.1, 0.15) is 12.4 Å². The summed E-state index contributed by atoms with van der Waals surface area (Å²) in [5.74, 6) is 3.73. The Balaban J connectivity index is 1.41. The molecule has 1 fully saturated rings. The Bertz CT molecular complexity index is 1130. The highest BCUT2D eigenvalue weighted by molar-refractivity contribution is 7.15. The zero-order valence-electron chi connectivity index (χ0n) is 19.5. The van der Waals surface area contributed by atoms with Gasteiger partial charge < -0.3 is 14.2 Å². The summed E-state index contributed by atoms with van der Waals surface area (Å²) in [4.78, 5) is 9.50. The molecule has 3 aromatic rings. The van der Waals surface area contributed by atoms with Crippen molar-refractivity contribution in [1.29, 1.82) is 0 Å². The minimum atomic E-state index is 0.446. The fourth-order valence-corrected chi connectivity index (χ4v) is 6.53. The number of benzene rings is 1. The van der Waals surface area contributed by atoms with Crippen LogP contribution in [0.4, 0.5) is 0 Å². The zero-order valence-corrected chi connectivity index (χ0v) is 20.3. The van der Waals surface area contributed by atoms with Crippen molar-refractivity contribution in [2.75, 3.05) is 27.2 Å². The lowest BCUT2D eigenvalue weighted by atomic mass is 9.95. The van der Waals surface area contributed by atoms with E-state index < -0.39 is 0 Å². The molecule has 0 amide bonds. The van der Waals surface area contributed by atoms with Gasteiger partial charge in [0.15, 0.2) is 0 Å². The van der Waals surface area contributed by atoms with Gasteiger partial charge in [-0.25, -0.2) is 0 Å². The molecule has 0 bridgehead atoms. The fraction of sp³-hybridized carbons (Fsp3) is 0.520.